The van der Waals surface area contributed by atoms with E-state index in [0.717, 1.165) is 0 Å². The van der Waals surface area contributed by atoms with Gasteiger partial charge in [0.2, 0.25) is 0 Å². The van der Waals surface area contributed by atoms with Crippen LogP contribution in [0.5, 0.6) is 0 Å². The van der Waals surface area contributed by atoms with E-state index in [0.29, 0.717) is 5.46 Å². The molecule has 0 aromatic carbocycles. The molecule has 0 saturated carbocycles. The molecular formula is C5H5BFNO2. The van der Waals surface area contributed by atoms with Crippen molar-refractivity contribution >= 4 is 12.6 Å². The normalized spacial score (nSPS) is 9.40. The van der Waals surface area contributed by atoms with Crippen molar-refractivity contribution in [2.75, 3.05) is 0 Å². The van der Waals surface area contributed by atoms with Gasteiger partial charge in [-0.3, -0.25) is 4.98 Å². The van der Waals surface area contributed by atoms with Gasteiger partial charge in [0.15, 0.2) is 0 Å². The average molecular weight is 141 g/mol. The quantitative estimate of drug-likeness (QED) is 0.573. The molecule has 1 aromatic heterocycles. The number of hydrogen-bond acceptors (Lipinski definition) is 3. The van der Waals surface area contributed by atoms with Crippen LogP contribution in [0, 0.1) is 0 Å². The molecule has 0 radical (unpaired) electrons. The number of aromatic nitrogens is 1. The van der Waals surface area contributed by atoms with Crippen LogP contribution in [0.3, 0.4) is 0 Å². The molecule has 1 rings (SSSR count). The van der Waals surface area contributed by atoms with Gasteiger partial charge in [0.1, 0.15) is 0 Å². The Labute approximate surface area is 57.5 Å². The monoisotopic (exact) mass is 141 g/mol. The molecule has 10 heavy (non-hydrogen) atoms. The number of hydrogen-bond donors (Lipinski definition) is 1. The SMILES string of the molecule is OB(OF)c1ccncc1. The standard InChI is InChI=1S/C5H5BFNO2/c7-10-6(9)5-1-3-8-4-2-5/h1-4,9H. The van der Waals surface area contributed by atoms with Crippen LogP contribution in [0.2, 0.25) is 0 Å². The Balaban J connectivity index is 2.75. The second kappa shape index (κ2) is 3.29. The first kappa shape index (κ1) is 7.18. The second-order valence-corrected chi connectivity index (χ2v) is 1.72. The second-order valence-electron chi connectivity index (χ2n) is 1.72. The third kappa shape index (κ3) is 1.52. The van der Waals surface area contributed by atoms with Gasteiger partial charge in [0.25, 0.3) is 0 Å². The fourth-order valence-electron chi connectivity index (χ4n) is 0.580. The van der Waals surface area contributed by atoms with Crippen molar-refractivity contribution < 1.29 is 14.4 Å². The fourth-order valence-corrected chi connectivity index (χ4v) is 0.580. The van der Waals surface area contributed by atoms with Crippen molar-refractivity contribution in [3.05, 3.63) is 24.5 Å². The summed E-state index contributed by atoms with van der Waals surface area (Å²) < 4.78 is 11.3. The molecule has 0 saturated heterocycles. The highest BCUT2D eigenvalue weighted by molar-refractivity contribution is 6.59. The van der Waals surface area contributed by atoms with E-state index in [4.69, 9.17) is 5.02 Å². The zero-order chi connectivity index (χ0) is 7.40. The average Bonchev–Trinajstić information content (AvgIpc) is 2.05. The van der Waals surface area contributed by atoms with E-state index >= 15 is 0 Å². The van der Waals surface area contributed by atoms with Gasteiger partial charge in [-0.25, -0.2) is 4.86 Å². The molecular weight excluding hydrogens is 136 g/mol. The summed E-state index contributed by atoms with van der Waals surface area (Å²) in [6.07, 6.45) is 2.88. The lowest BCUT2D eigenvalue weighted by Crippen LogP contribution is -2.30. The van der Waals surface area contributed by atoms with E-state index in [2.05, 4.69) is 9.84 Å². The van der Waals surface area contributed by atoms with Crippen LogP contribution in [-0.4, -0.2) is 17.1 Å². The third-order valence-corrected chi connectivity index (χ3v) is 1.08. The molecule has 0 aliphatic rings. The van der Waals surface area contributed by atoms with Crippen molar-refractivity contribution in [2.24, 2.45) is 0 Å². The van der Waals surface area contributed by atoms with E-state index < -0.39 is 7.12 Å². The molecule has 0 aliphatic carbocycles. The van der Waals surface area contributed by atoms with Gasteiger partial charge in [-0.2, -0.15) is 0 Å². The lowest BCUT2D eigenvalue weighted by Gasteiger charge is -1.96. The van der Waals surface area contributed by atoms with Crippen molar-refractivity contribution in [3.63, 3.8) is 0 Å². The summed E-state index contributed by atoms with van der Waals surface area (Å²) in [6, 6.07) is 2.93. The highest BCUT2D eigenvalue weighted by Gasteiger charge is 2.15. The number of pyridine rings is 1. The van der Waals surface area contributed by atoms with E-state index in [1.807, 2.05) is 0 Å². The van der Waals surface area contributed by atoms with Crippen molar-refractivity contribution in [2.45, 2.75) is 0 Å². The van der Waals surface area contributed by atoms with E-state index in [-0.39, 0.29) is 0 Å². The largest absolute Gasteiger partial charge is 0.529 e. The minimum atomic E-state index is -1.50. The molecule has 1 heterocycles. The topological polar surface area (TPSA) is 42.4 Å². The van der Waals surface area contributed by atoms with Crippen LogP contribution in [0.25, 0.3) is 0 Å². The highest BCUT2D eigenvalue weighted by atomic mass is 19.3. The molecule has 0 amide bonds. The first-order chi connectivity index (χ1) is 4.84. The number of halogens is 1. The van der Waals surface area contributed by atoms with Crippen molar-refractivity contribution in [1.82, 2.24) is 4.98 Å². The summed E-state index contributed by atoms with van der Waals surface area (Å²) in [4.78, 5) is 6.84. The van der Waals surface area contributed by atoms with Crippen molar-refractivity contribution in [3.8, 4) is 0 Å². The summed E-state index contributed by atoms with van der Waals surface area (Å²) in [7, 11) is -1.50. The van der Waals surface area contributed by atoms with Crippen molar-refractivity contribution in [1.29, 1.82) is 0 Å². The molecule has 1 N–H and O–H groups in total. The van der Waals surface area contributed by atoms with Crippen LogP contribution >= 0.6 is 0 Å². The van der Waals surface area contributed by atoms with Gasteiger partial charge in [0, 0.05) is 12.4 Å². The van der Waals surface area contributed by atoms with Crippen LogP contribution < -0.4 is 5.46 Å². The van der Waals surface area contributed by atoms with Crippen LogP contribution in [0.4, 0.5) is 4.53 Å². The number of nitrogens with zero attached hydrogens (tertiary/aromatic N) is 1. The third-order valence-electron chi connectivity index (χ3n) is 1.08. The number of rotatable bonds is 2. The first-order valence-electron chi connectivity index (χ1n) is 2.70. The Kier molecular flexibility index (Phi) is 2.36. The molecule has 3 nitrogen and oxygen atoms in total. The minimum Gasteiger partial charge on any atom is -0.421 e. The lowest BCUT2D eigenvalue weighted by atomic mass is 9.81. The Bertz CT molecular complexity index is 196. The molecule has 0 bridgehead atoms. The van der Waals surface area contributed by atoms with Gasteiger partial charge < -0.3 is 5.02 Å². The smallest absolute Gasteiger partial charge is 0.421 e. The Morgan fingerprint density at radius 1 is 1.50 bits per heavy atom. The zero-order valence-corrected chi connectivity index (χ0v) is 5.07. The molecule has 5 heteroatoms. The summed E-state index contributed by atoms with van der Waals surface area (Å²) in [5.41, 5.74) is 0.345. The van der Waals surface area contributed by atoms with Gasteiger partial charge in [-0.15, -0.1) is 0 Å². The molecule has 52 valence electrons. The highest BCUT2D eigenvalue weighted by Crippen LogP contribution is 1.84. The molecule has 0 unspecified atom stereocenters. The van der Waals surface area contributed by atoms with Gasteiger partial charge in [-0.1, -0.05) is 4.53 Å². The van der Waals surface area contributed by atoms with Gasteiger partial charge in [0.05, 0.1) is 0 Å². The maximum absolute atomic E-state index is 11.3. The van der Waals surface area contributed by atoms with Gasteiger partial charge in [-0.05, 0) is 17.6 Å². The van der Waals surface area contributed by atoms with Crippen LogP contribution in [-0.2, 0) is 4.86 Å². The molecule has 0 spiro atoms. The van der Waals surface area contributed by atoms with E-state index in [1.54, 1.807) is 0 Å². The molecule has 0 aliphatic heterocycles. The predicted octanol–water partition coefficient (Wildman–Crippen LogP) is -0.330. The summed E-state index contributed by atoms with van der Waals surface area (Å²) in [6.45, 7) is 0. The van der Waals surface area contributed by atoms with Crippen LogP contribution in [0.15, 0.2) is 24.5 Å². The zero-order valence-electron chi connectivity index (χ0n) is 5.07. The summed E-state index contributed by atoms with van der Waals surface area (Å²) in [5, 5.41) is 8.70. The van der Waals surface area contributed by atoms with Crippen LogP contribution in [0.1, 0.15) is 0 Å². The van der Waals surface area contributed by atoms with E-state index in [1.165, 1.54) is 24.5 Å². The Hall–Kier alpha value is -0.935. The van der Waals surface area contributed by atoms with Gasteiger partial charge >= 0.3 is 7.12 Å². The molecule has 1 aromatic rings. The predicted molar refractivity (Wildman–Crippen MR) is 34.0 cm³/mol. The molecule has 0 atom stereocenters. The molecule has 0 fully saturated rings. The Morgan fingerprint density at radius 2 is 2.10 bits per heavy atom. The summed E-state index contributed by atoms with van der Waals surface area (Å²) in [5.74, 6) is 0. The minimum absolute atomic E-state index is 0.345. The maximum atomic E-state index is 11.3. The van der Waals surface area contributed by atoms with E-state index in [9.17, 15) is 4.53 Å². The maximum Gasteiger partial charge on any atom is 0.529 e. The first-order valence-corrected chi connectivity index (χ1v) is 2.70. The fraction of sp³-hybridized carbons (Fsp3) is 0. The summed E-state index contributed by atoms with van der Waals surface area (Å²) >= 11 is 0. The Morgan fingerprint density at radius 3 is 2.60 bits per heavy atom. The lowest BCUT2D eigenvalue weighted by molar-refractivity contribution is -0.0267.